The summed E-state index contributed by atoms with van der Waals surface area (Å²) in [7, 11) is 0. The van der Waals surface area contributed by atoms with Crippen molar-refractivity contribution in [2.24, 2.45) is 0 Å². The molecule has 28 heavy (non-hydrogen) atoms. The van der Waals surface area contributed by atoms with Gasteiger partial charge in [-0.3, -0.25) is 9.59 Å². The van der Waals surface area contributed by atoms with Crippen LogP contribution >= 0.6 is 11.8 Å². The molecule has 1 fully saturated rings. The van der Waals surface area contributed by atoms with Crippen LogP contribution in [0.4, 0.5) is 13.2 Å². The number of halogens is 3. The molecule has 1 heterocycles. The number of carbonyl (C=O) groups is 2. The molecular weight excluding hydrogens is 389 g/mol. The monoisotopic (exact) mass is 408 g/mol. The summed E-state index contributed by atoms with van der Waals surface area (Å²) in [4.78, 5) is 26.5. The van der Waals surface area contributed by atoms with E-state index < -0.39 is 17.5 Å². The first-order valence-corrected chi connectivity index (χ1v) is 9.83. The first kappa shape index (κ1) is 20.3. The van der Waals surface area contributed by atoms with Gasteiger partial charge in [-0.1, -0.05) is 12.1 Å². The molecule has 0 aromatic heterocycles. The molecule has 148 valence electrons. The van der Waals surface area contributed by atoms with Gasteiger partial charge in [0.2, 0.25) is 5.91 Å². The highest BCUT2D eigenvalue weighted by atomic mass is 32.2. The van der Waals surface area contributed by atoms with Crippen molar-refractivity contribution in [3.8, 4) is 0 Å². The second kappa shape index (κ2) is 9.14. The Morgan fingerprint density at radius 2 is 1.71 bits per heavy atom. The van der Waals surface area contributed by atoms with E-state index in [4.69, 9.17) is 0 Å². The smallest absolute Gasteiger partial charge is 0.256 e. The van der Waals surface area contributed by atoms with Crippen LogP contribution in [-0.4, -0.2) is 41.6 Å². The van der Waals surface area contributed by atoms with Gasteiger partial charge in [0, 0.05) is 24.0 Å². The lowest BCUT2D eigenvalue weighted by atomic mass is 10.0. The van der Waals surface area contributed by atoms with Crippen LogP contribution in [0, 0.1) is 17.5 Å². The summed E-state index contributed by atoms with van der Waals surface area (Å²) < 4.78 is 39.9. The Morgan fingerprint density at radius 1 is 1.00 bits per heavy atom. The second-order valence-corrected chi connectivity index (χ2v) is 7.53. The van der Waals surface area contributed by atoms with Gasteiger partial charge < -0.3 is 10.2 Å². The molecular formula is C20H19F3N2O2S. The second-order valence-electron chi connectivity index (χ2n) is 6.48. The molecule has 1 aliphatic heterocycles. The van der Waals surface area contributed by atoms with Gasteiger partial charge in [-0.05, 0) is 43.2 Å². The predicted octanol–water partition coefficient (Wildman–Crippen LogP) is 3.62. The Kier molecular flexibility index (Phi) is 6.61. The number of likely N-dealkylation sites (tertiary alicyclic amines) is 1. The number of hydrogen-bond acceptors (Lipinski definition) is 3. The maximum atomic E-state index is 13.8. The summed E-state index contributed by atoms with van der Waals surface area (Å²) >= 11 is 1.12. The molecule has 3 rings (SSSR count). The van der Waals surface area contributed by atoms with E-state index in [2.05, 4.69) is 5.32 Å². The SMILES string of the molecule is O=C(CSc1ccc(F)c(F)c1)NC1CCN(C(=O)c2ccccc2F)CC1. The molecule has 0 unspecified atom stereocenters. The van der Waals surface area contributed by atoms with Crippen molar-refractivity contribution >= 4 is 23.6 Å². The highest BCUT2D eigenvalue weighted by Gasteiger charge is 2.25. The van der Waals surface area contributed by atoms with E-state index in [-0.39, 0.29) is 29.2 Å². The zero-order chi connectivity index (χ0) is 20.1. The molecule has 2 aromatic carbocycles. The zero-order valence-electron chi connectivity index (χ0n) is 15.0. The summed E-state index contributed by atoms with van der Waals surface area (Å²) in [6.45, 7) is 0.850. The number of carbonyl (C=O) groups excluding carboxylic acids is 2. The van der Waals surface area contributed by atoms with Crippen LogP contribution in [0.5, 0.6) is 0 Å². The largest absolute Gasteiger partial charge is 0.353 e. The van der Waals surface area contributed by atoms with Crippen LogP contribution in [0.2, 0.25) is 0 Å². The molecule has 0 aliphatic carbocycles. The first-order chi connectivity index (χ1) is 13.4. The number of nitrogens with zero attached hydrogens (tertiary/aromatic N) is 1. The van der Waals surface area contributed by atoms with Crippen molar-refractivity contribution in [1.29, 1.82) is 0 Å². The first-order valence-electron chi connectivity index (χ1n) is 8.85. The van der Waals surface area contributed by atoms with Crippen LogP contribution in [0.15, 0.2) is 47.4 Å². The maximum Gasteiger partial charge on any atom is 0.256 e. The third-order valence-corrected chi connectivity index (χ3v) is 5.51. The normalized spacial score (nSPS) is 14.8. The summed E-state index contributed by atoms with van der Waals surface area (Å²) in [5.41, 5.74) is 0.0490. The Labute approximate surface area is 165 Å². The fourth-order valence-corrected chi connectivity index (χ4v) is 3.75. The lowest BCUT2D eigenvalue weighted by Gasteiger charge is -2.32. The number of hydrogen-bond donors (Lipinski definition) is 1. The molecule has 2 aromatic rings. The molecule has 0 atom stereocenters. The van der Waals surface area contributed by atoms with E-state index in [0.717, 1.165) is 23.9 Å². The molecule has 0 saturated carbocycles. The standard InChI is InChI=1S/C20H19F3N2O2S/c21-16-4-2-1-3-15(16)20(27)25-9-7-13(8-10-25)24-19(26)12-28-14-5-6-17(22)18(23)11-14/h1-6,11,13H,7-10,12H2,(H,24,26). The zero-order valence-corrected chi connectivity index (χ0v) is 15.8. The van der Waals surface area contributed by atoms with Gasteiger partial charge in [0.15, 0.2) is 11.6 Å². The Balaban J connectivity index is 1.45. The Hall–Kier alpha value is -2.48. The topological polar surface area (TPSA) is 49.4 Å². The van der Waals surface area contributed by atoms with Crippen molar-refractivity contribution in [3.05, 3.63) is 65.5 Å². The molecule has 4 nitrogen and oxygen atoms in total. The molecule has 0 radical (unpaired) electrons. The van der Waals surface area contributed by atoms with E-state index in [1.807, 2.05) is 0 Å². The number of amides is 2. The third-order valence-electron chi connectivity index (χ3n) is 4.51. The van der Waals surface area contributed by atoms with Crippen LogP contribution in [0.3, 0.4) is 0 Å². The average Bonchev–Trinajstić information content (AvgIpc) is 2.69. The van der Waals surface area contributed by atoms with Gasteiger partial charge in [-0.15, -0.1) is 11.8 Å². The fraction of sp³-hybridized carbons (Fsp3) is 0.300. The highest BCUT2D eigenvalue weighted by Crippen LogP contribution is 2.21. The number of rotatable bonds is 5. The molecule has 0 spiro atoms. The number of nitrogens with one attached hydrogen (secondary N) is 1. The fourth-order valence-electron chi connectivity index (χ4n) is 3.02. The van der Waals surface area contributed by atoms with Crippen molar-refractivity contribution in [1.82, 2.24) is 10.2 Å². The van der Waals surface area contributed by atoms with Gasteiger partial charge in [-0.2, -0.15) is 0 Å². The molecule has 8 heteroatoms. The molecule has 2 amide bonds. The molecule has 1 N–H and O–H groups in total. The molecule has 1 aliphatic rings. The summed E-state index contributed by atoms with van der Waals surface area (Å²) in [5, 5.41) is 2.89. The lowest BCUT2D eigenvalue weighted by molar-refractivity contribution is -0.119. The molecule has 1 saturated heterocycles. The van der Waals surface area contributed by atoms with E-state index in [1.54, 1.807) is 11.0 Å². The van der Waals surface area contributed by atoms with Gasteiger partial charge >= 0.3 is 0 Å². The number of thioether (sulfide) groups is 1. The van der Waals surface area contributed by atoms with Crippen molar-refractivity contribution in [2.75, 3.05) is 18.8 Å². The average molecular weight is 408 g/mol. The van der Waals surface area contributed by atoms with Gasteiger partial charge in [0.1, 0.15) is 5.82 Å². The van der Waals surface area contributed by atoms with Crippen LogP contribution in [-0.2, 0) is 4.79 Å². The van der Waals surface area contributed by atoms with Crippen molar-refractivity contribution in [3.63, 3.8) is 0 Å². The minimum atomic E-state index is -0.947. The summed E-state index contributed by atoms with van der Waals surface area (Å²) in [5.74, 6) is -2.90. The van der Waals surface area contributed by atoms with E-state index >= 15 is 0 Å². The maximum absolute atomic E-state index is 13.8. The summed E-state index contributed by atoms with van der Waals surface area (Å²) in [6.07, 6.45) is 1.14. The van der Waals surface area contributed by atoms with E-state index in [9.17, 15) is 22.8 Å². The minimum Gasteiger partial charge on any atom is -0.353 e. The highest BCUT2D eigenvalue weighted by molar-refractivity contribution is 8.00. The van der Waals surface area contributed by atoms with Crippen LogP contribution in [0.25, 0.3) is 0 Å². The predicted molar refractivity (Wildman–Crippen MR) is 101 cm³/mol. The number of benzene rings is 2. The third kappa shape index (κ3) is 5.07. The van der Waals surface area contributed by atoms with Crippen molar-refractivity contribution < 1.29 is 22.8 Å². The van der Waals surface area contributed by atoms with E-state index in [1.165, 1.54) is 24.3 Å². The number of piperidine rings is 1. The lowest BCUT2D eigenvalue weighted by Crippen LogP contribution is -2.47. The Morgan fingerprint density at radius 3 is 2.39 bits per heavy atom. The van der Waals surface area contributed by atoms with Crippen LogP contribution < -0.4 is 5.32 Å². The van der Waals surface area contributed by atoms with E-state index in [0.29, 0.717) is 30.8 Å². The van der Waals surface area contributed by atoms with Gasteiger partial charge in [0.05, 0.1) is 11.3 Å². The van der Waals surface area contributed by atoms with Gasteiger partial charge in [-0.25, -0.2) is 13.2 Å². The Bertz CT molecular complexity index is 870. The molecule has 0 bridgehead atoms. The van der Waals surface area contributed by atoms with Crippen LogP contribution in [0.1, 0.15) is 23.2 Å². The van der Waals surface area contributed by atoms with Gasteiger partial charge in [0.25, 0.3) is 5.91 Å². The van der Waals surface area contributed by atoms with Crippen molar-refractivity contribution in [2.45, 2.75) is 23.8 Å². The minimum absolute atomic E-state index is 0.0490. The quantitative estimate of drug-likeness (QED) is 0.769. The summed E-state index contributed by atoms with van der Waals surface area (Å²) in [6, 6.07) is 9.29.